The first kappa shape index (κ1) is 17.2. The van der Waals surface area contributed by atoms with Crippen LogP contribution in [0.2, 0.25) is 0 Å². The van der Waals surface area contributed by atoms with Crippen molar-refractivity contribution in [3.05, 3.63) is 11.9 Å². The Morgan fingerprint density at radius 2 is 2.19 bits per heavy atom. The standard InChI is InChI=1S/C15H25N5O/c1-5-17-13-9-15(19-14(18-13)11-21-4)20(8-6-7-16)10-12(2)3/h9,12H,5-6,8,10-11H2,1-4H3,(H,17,18,19). The molecule has 0 amide bonds. The molecule has 1 heterocycles. The van der Waals surface area contributed by atoms with E-state index in [-0.39, 0.29) is 0 Å². The highest BCUT2D eigenvalue weighted by molar-refractivity contribution is 5.49. The molecule has 0 unspecified atom stereocenters. The zero-order valence-corrected chi connectivity index (χ0v) is 13.4. The van der Waals surface area contributed by atoms with Crippen LogP contribution in [0, 0.1) is 17.2 Å². The average Bonchev–Trinajstić information content (AvgIpc) is 2.43. The summed E-state index contributed by atoms with van der Waals surface area (Å²) in [7, 11) is 1.63. The molecule has 0 aliphatic rings. The molecule has 1 aromatic rings. The second kappa shape index (κ2) is 9.14. The molecule has 0 bridgehead atoms. The molecular weight excluding hydrogens is 266 g/mol. The minimum absolute atomic E-state index is 0.375. The monoisotopic (exact) mass is 291 g/mol. The van der Waals surface area contributed by atoms with Gasteiger partial charge in [0, 0.05) is 32.8 Å². The molecule has 1 rings (SSSR count). The first-order valence-electron chi connectivity index (χ1n) is 7.33. The lowest BCUT2D eigenvalue weighted by atomic mass is 10.2. The predicted octanol–water partition coefficient (Wildman–Crippen LogP) is 2.43. The lowest BCUT2D eigenvalue weighted by molar-refractivity contribution is 0.178. The molecule has 0 radical (unpaired) electrons. The third-order valence-electron chi connectivity index (χ3n) is 2.79. The van der Waals surface area contributed by atoms with Crippen LogP contribution in [0.15, 0.2) is 6.07 Å². The van der Waals surface area contributed by atoms with E-state index in [0.717, 1.165) is 24.7 Å². The van der Waals surface area contributed by atoms with Crippen molar-refractivity contribution in [1.82, 2.24) is 9.97 Å². The summed E-state index contributed by atoms with van der Waals surface area (Å²) < 4.78 is 5.13. The third kappa shape index (κ3) is 5.96. The highest BCUT2D eigenvalue weighted by atomic mass is 16.5. The Hall–Kier alpha value is -1.87. The predicted molar refractivity (Wildman–Crippen MR) is 84.2 cm³/mol. The highest BCUT2D eigenvalue weighted by Crippen LogP contribution is 2.18. The van der Waals surface area contributed by atoms with Gasteiger partial charge >= 0.3 is 0 Å². The van der Waals surface area contributed by atoms with Gasteiger partial charge in [-0.15, -0.1) is 0 Å². The van der Waals surface area contributed by atoms with Crippen molar-refractivity contribution < 1.29 is 4.74 Å². The Labute approximate surface area is 127 Å². The fraction of sp³-hybridized carbons (Fsp3) is 0.667. The van der Waals surface area contributed by atoms with E-state index in [0.29, 0.717) is 31.3 Å². The van der Waals surface area contributed by atoms with Crippen molar-refractivity contribution in [3.63, 3.8) is 0 Å². The maximum absolute atomic E-state index is 8.83. The van der Waals surface area contributed by atoms with E-state index in [1.807, 2.05) is 13.0 Å². The zero-order valence-electron chi connectivity index (χ0n) is 13.4. The number of nitrogens with zero attached hydrogens (tertiary/aromatic N) is 4. The molecule has 0 aliphatic carbocycles. The number of aromatic nitrogens is 2. The Morgan fingerprint density at radius 1 is 1.43 bits per heavy atom. The number of anilines is 2. The SMILES string of the molecule is CCNc1cc(N(CCC#N)CC(C)C)nc(COC)n1. The van der Waals surface area contributed by atoms with Crippen LogP contribution < -0.4 is 10.2 Å². The molecule has 6 nitrogen and oxygen atoms in total. The fourth-order valence-electron chi connectivity index (χ4n) is 2.04. The number of hydrogen-bond acceptors (Lipinski definition) is 6. The zero-order chi connectivity index (χ0) is 15.7. The number of rotatable bonds is 9. The molecule has 0 aromatic carbocycles. The van der Waals surface area contributed by atoms with Crippen LogP contribution in [-0.4, -0.2) is 36.7 Å². The summed E-state index contributed by atoms with van der Waals surface area (Å²) in [4.78, 5) is 11.1. The quantitative estimate of drug-likeness (QED) is 0.753. The van der Waals surface area contributed by atoms with E-state index < -0.39 is 0 Å². The van der Waals surface area contributed by atoms with Gasteiger partial charge in [0.25, 0.3) is 0 Å². The number of nitriles is 1. The summed E-state index contributed by atoms with van der Waals surface area (Å²) in [6, 6.07) is 4.13. The summed E-state index contributed by atoms with van der Waals surface area (Å²) in [6.07, 6.45) is 0.479. The van der Waals surface area contributed by atoms with Gasteiger partial charge < -0.3 is 15.0 Å². The lowest BCUT2D eigenvalue weighted by Crippen LogP contribution is -2.30. The van der Waals surface area contributed by atoms with Crippen LogP contribution in [0.25, 0.3) is 0 Å². The van der Waals surface area contributed by atoms with Crippen LogP contribution in [0.3, 0.4) is 0 Å². The van der Waals surface area contributed by atoms with Crippen LogP contribution in [0.1, 0.15) is 33.0 Å². The van der Waals surface area contributed by atoms with E-state index >= 15 is 0 Å². The molecule has 21 heavy (non-hydrogen) atoms. The topological polar surface area (TPSA) is 74.1 Å². The Balaban J connectivity index is 3.05. The number of nitrogens with one attached hydrogen (secondary N) is 1. The molecule has 1 N–H and O–H groups in total. The number of methoxy groups -OCH3 is 1. The van der Waals surface area contributed by atoms with Crippen molar-refractivity contribution in [2.24, 2.45) is 5.92 Å². The van der Waals surface area contributed by atoms with E-state index in [2.05, 4.69) is 40.1 Å². The summed E-state index contributed by atoms with van der Waals surface area (Å²) in [5.41, 5.74) is 0. The van der Waals surface area contributed by atoms with Gasteiger partial charge in [0.2, 0.25) is 0 Å². The maximum atomic E-state index is 8.83. The van der Waals surface area contributed by atoms with Gasteiger partial charge in [-0.05, 0) is 12.8 Å². The van der Waals surface area contributed by atoms with E-state index in [9.17, 15) is 0 Å². The minimum Gasteiger partial charge on any atom is -0.377 e. The molecule has 0 fully saturated rings. The van der Waals surface area contributed by atoms with Crippen molar-refractivity contribution in [3.8, 4) is 6.07 Å². The number of hydrogen-bond donors (Lipinski definition) is 1. The second-order valence-electron chi connectivity index (χ2n) is 5.24. The summed E-state index contributed by atoms with van der Waals surface area (Å²) in [6.45, 7) is 9.04. The molecule has 0 spiro atoms. The Kier molecular flexibility index (Phi) is 7.48. The Bertz CT molecular complexity index is 445. The second-order valence-corrected chi connectivity index (χ2v) is 5.24. The van der Waals surface area contributed by atoms with Crippen LogP contribution in [0.4, 0.5) is 11.6 Å². The van der Waals surface area contributed by atoms with Crippen LogP contribution in [0.5, 0.6) is 0 Å². The van der Waals surface area contributed by atoms with E-state index in [4.69, 9.17) is 10.00 Å². The van der Waals surface area contributed by atoms with E-state index in [1.54, 1.807) is 7.11 Å². The third-order valence-corrected chi connectivity index (χ3v) is 2.79. The molecule has 116 valence electrons. The minimum atomic E-state index is 0.375. The molecule has 0 saturated heterocycles. The smallest absolute Gasteiger partial charge is 0.158 e. The summed E-state index contributed by atoms with van der Waals surface area (Å²) in [5.74, 6) is 2.78. The van der Waals surface area contributed by atoms with Gasteiger partial charge in [-0.25, -0.2) is 9.97 Å². The Morgan fingerprint density at radius 3 is 2.76 bits per heavy atom. The molecule has 1 aromatic heterocycles. The maximum Gasteiger partial charge on any atom is 0.158 e. The van der Waals surface area contributed by atoms with Gasteiger partial charge in [0.05, 0.1) is 12.5 Å². The lowest BCUT2D eigenvalue weighted by Gasteiger charge is -2.25. The first-order valence-corrected chi connectivity index (χ1v) is 7.33. The van der Waals surface area contributed by atoms with Crippen molar-refractivity contribution >= 4 is 11.6 Å². The molecule has 0 aliphatic heterocycles. The van der Waals surface area contributed by atoms with Crippen molar-refractivity contribution in [1.29, 1.82) is 5.26 Å². The van der Waals surface area contributed by atoms with Crippen molar-refractivity contribution in [2.45, 2.75) is 33.8 Å². The fourth-order valence-corrected chi connectivity index (χ4v) is 2.04. The van der Waals surface area contributed by atoms with Gasteiger partial charge in [-0.1, -0.05) is 13.8 Å². The average molecular weight is 291 g/mol. The molecule has 0 saturated carbocycles. The van der Waals surface area contributed by atoms with Crippen LogP contribution in [-0.2, 0) is 11.3 Å². The van der Waals surface area contributed by atoms with Crippen molar-refractivity contribution in [2.75, 3.05) is 37.0 Å². The molecule has 0 atom stereocenters. The molecule has 6 heteroatoms. The van der Waals surface area contributed by atoms with Gasteiger partial charge in [-0.2, -0.15) is 5.26 Å². The van der Waals surface area contributed by atoms with Crippen LogP contribution >= 0.6 is 0 Å². The summed E-state index contributed by atoms with van der Waals surface area (Å²) in [5, 5.41) is 12.0. The largest absolute Gasteiger partial charge is 0.377 e. The van der Waals surface area contributed by atoms with E-state index in [1.165, 1.54) is 0 Å². The normalized spacial score (nSPS) is 10.5. The summed E-state index contributed by atoms with van der Waals surface area (Å²) >= 11 is 0. The highest BCUT2D eigenvalue weighted by Gasteiger charge is 2.13. The first-order chi connectivity index (χ1) is 10.1. The molecular formula is C15H25N5O. The van der Waals surface area contributed by atoms with Gasteiger partial charge in [0.1, 0.15) is 18.2 Å². The van der Waals surface area contributed by atoms with Gasteiger partial charge in [-0.3, -0.25) is 0 Å². The number of ether oxygens (including phenoxy) is 1. The van der Waals surface area contributed by atoms with Gasteiger partial charge in [0.15, 0.2) is 5.82 Å².